The third-order valence-corrected chi connectivity index (χ3v) is 6.88. The summed E-state index contributed by atoms with van der Waals surface area (Å²) in [6.45, 7) is 0.617. The third kappa shape index (κ3) is 5.75. The van der Waals surface area contributed by atoms with E-state index in [1.165, 1.54) is 23.8 Å². The Bertz CT molecular complexity index is 1240. The monoisotopic (exact) mass is 575 g/mol. The average Bonchev–Trinajstić information content (AvgIpc) is 3.11. The summed E-state index contributed by atoms with van der Waals surface area (Å²) in [5.74, 6) is 1.44. The van der Waals surface area contributed by atoms with Crippen molar-refractivity contribution < 1.29 is 19.0 Å². The molecule has 0 spiro atoms. The van der Waals surface area contributed by atoms with Crippen molar-refractivity contribution in [2.75, 3.05) is 25.2 Å². The number of benzene rings is 3. The minimum atomic E-state index is -0.179. The van der Waals surface area contributed by atoms with Crippen molar-refractivity contribution in [2.45, 2.75) is 0 Å². The van der Waals surface area contributed by atoms with Crippen LogP contribution in [0, 0.1) is 0 Å². The van der Waals surface area contributed by atoms with Crippen molar-refractivity contribution in [3.8, 4) is 17.2 Å². The Kier molecular flexibility index (Phi) is 8.15. The Balaban J connectivity index is 1.46. The molecule has 0 atom stereocenters. The summed E-state index contributed by atoms with van der Waals surface area (Å²) in [5.41, 5.74) is 1.44. The molecule has 4 rings (SSSR count). The number of nitrogens with zero attached hydrogens (tertiary/aromatic N) is 1. The molecule has 0 N–H and O–H groups in total. The molecule has 5 nitrogen and oxygen atoms in total. The molecule has 1 saturated heterocycles. The highest BCUT2D eigenvalue weighted by Crippen LogP contribution is 2.40. The standard InChI is InChI=1S/C25H19BrClNO4S2/c1-30-21-14-16(15-22-24(29)28(25(33)34-22)18-5-3-2-4-6-18)13-20(27)23(21)32-12-11-31-19-9-7-17(26)8-10-19/h2-10,13-15H,11-12H2,1H3. The largest absolute Gasteiger partial charge is 0.493 e. The first-order chi connectivity index (χ1) is 16.5. The first kappa shape index (κ1) is 24.6. The van der Waals surface area contributed by atoms with E-state index in [0.717, 1.165) is 15.9 Å². The smallest absolute Gasteiger partial charge is 0.270 e. The minimum absolute atomic E-state index is 0.179. The van der Waals surface area contributed by atoms with Gasteiger partial charge in [-0.25, -0.2) is 0 Å². The van der Waals surface area contributed by atoms with Crippen LogP contribution in [0.1, 0.15) is 5.56 Å². The zero-order valence-corrected chi connectivity index (χ0v) is 22.0. The predicted octanol–water partition coefficient (Wildman–Crippen LogP) is 6.97. The highest BCUT2D eigenvalue weighted by Gasteiger charge is 2.33. The lowest BCUT2D eigenvalue weighted by Gasteiger charge is -2.14. The van der Waals surface area contributed by atoms with Gasteiger partial charge < -0.3 is 14.2 Å². The molecule has 174 valence electrons. The Morgan fingerprint density at radius 1 is 1.06 bits per heavy atom. The normalized spacial score (nSPS) is 14.6. The SMILES string of the molecule is COc1cc(C=C2SC(=S)N(c3ccccc3)C2=O)cc(Cl)c1OCCOc1ccc(Br)cc1. The Morgan fingerprint density at radius 2 is 1.76 bits per heavy atom. The van der Waals surface area contributed by atoms with E-state index >= 15 is 0 Å². The highest BCUT2D eigenvalue weighted by molar-refractivity contribution is 9.10. The van der Waals surface area contributed by atoms with Gasteiger partial charge in [0.2, 0.25) is 0 Å². The molecule has 0 aliphatic carbocycles. The van der Waals surface area contributed by atoms with E-state index in [0.29, 0.717) is 37.9 Å². The average molecular weight is 577 g/mol. The molecule has 0 unspecified atom stereocenters. The van der Waals surface area contributed by atoms with Crippen LogP contribution in [0.5, 0.6) is 17.2 Å². The zero-order chi connectivity index (χ0) is 24.1. The molecule has 1 aliphatic rings. The van der Waals surface area contributed by atoms with Crippen LogP contribution in [0.4, 0.5) is 5.69 Å². The van der Waals surface area contributed by atoms with Gasteiger partial charge in [0.15, 0.2) is 15.8 Å². The molecular formula is C25H19BrClNO4S2. The second-order valence-electron chi connectivity index (χ2n) is 7.04. The number of hydrogen-bond donors (Lipinski definition) is 0. The Labute approximate surface area is 220 Å². The van der Waals surface area contributed by atoms with Gasteiger partial charge in [-0.15, -0.1) is 0 Å². The molecule has 0 saturated carbocycles. The molecule has 0 bridgehead atoms. The lowest BCUT2D eigenvalue weighted by molar-refractivity contribution is -0.113. The molecule has 0 aromatic heterocycles. The number of rotatable bonds is 8. The Morgan fingerprint density at radius 3 is 2.47 bits per heavy atom. The van der Waals surface area contributed by atoms with Crippen molar-refractivity contribution >= 4 is 73.5 Å². The van der Waals surface area contributed by atoms with Crippen LogP contribution in [0.25, 0.3) is 6.08 Å². The number of para-hydroxylation sites is 1. The summed E-state index contributed by atoms with van der Waals surface area (Å²) < 4.78 is 18.5. The molecule has 1 fully saturated rings. The maximum absolute atomic E-state index is 13.0. The maximum Gasteiger partial charge on any atom is 0.270 e. The molecule has 1 heterocycles. The summed E-state index contributed by atoms with van der Waals surface area (Å²) in [5, 5.41) is 0.368. The molecule has 3 aromatic rings. The van der Waals surface area contributed by atoms with E-state index in [-0.39, 0.29) is 12.5 Å². The van der Waals surface area contributed by atoms with Crippen molar-refractivity contribution in [1.29, 1.82) is 0 Å². The summed E-state index contributed by atoms with van der Waals surface area (Å²) in [7, 11) is 1.54. The molecule has 1 aliphatic heterocycles. The quantitative estimate of drug-likeness (QED) is 0.164. The number of ether oxygens (including phenoxy) is 3. The van der Waals surface area contributed by atoms with Gasteiger partial charge in [0.1, 0.15) is 19.0 Å². The van der Waals surface area contributed by atoms with Gasteiger partial charge >= 0.3 is 0 Å². The van der Waals surface area contributed by atoms with E-state index in [4.69, 9.17) is 38.0 Å². The summed E-state index contributed by atoms with van der Waals surface area (Å²) in [6, 6.07) is 20.4. The van der Waals surface area contributed by atoms with Crippen LogP contribution in [-0.2, 0) is 4.79 Å². The number of methoxy groups -OCH3 is 1. The van der Waals surface area contributed by atoms with Gasteiger partial charge in [-0.2, -0.15) is 0 Å². The molecule has 34 heavy (non-hydrogen) atoms. The van der Waals surface area contributed by atoms with Crippen LogP contribution in [0.2, 0.25) is 5.02 Å². The van der Waals surface area contributed by atoms with E-state index in [9.17, 15) is 4.79 Å². The van der Waals surface area contributed by atoms with Gasteiger partial charge in [0, 0.05) is 4.47 Å². The number of carbonyl (C=O) groups excluding carboxylic acids is 1. The van der Waals surface area contributed by atoms with Crippen LogP contribution >= 0.6 is 51.5 Å². The topological polar surface area (TPSA) is 48.0 Å². The predicted molar refractivity (Wildman–Crippen MR) is 145 cm³/mol. The van der Waals surface area contributed by atoms with Crippen molar-refractivity contribution in [1.82, 2.24) is 0 Å². The van der Waals surface area contributed by atoms with Gasteiger partial charge in [-0.3, -0.25) is 9.69 Å². The van der Waals surface area contributed by atoms with E-state index in [2.05, 4.69) is 15.9 Å². The maximum atomic E-state index is 13.0. The summed E-state index contributed by atoms with van der Waals surface area (Å²) in [4.78, 5) is 15.0. The first-order valence-corrected chi connectivity index (χ1v) is 12.6. The fourth-order valence-corrected chi connectivity index (χ4v) is 5.05. The number of anilines is 1. The summed E-state index contributed by atoms with van der Waals surface area (Å²) >= 11 is 16.6. The Hall–Kier alpha value is -2.52. The lowest BCUT2D eigenvalue weighted by atomic mass is 10.1. The molecular weight excluding hydrogens is 558 g/mol. The fraction of sp³-hybridized carbons (Fsp3) is 0.120. The van der Waals surface area contributed by atoms with E-state index in [1.54, 1.807) is 18.2 Å². The number of hydrogen-bond acceptors (Lipinski definition) is 6. The number of carbonyl (C=O) groups is 1. The number of amides is 1. The first-order valence-electron chi connectivity index (χ1n) is 10.2. The summed E-state index contributed by atoms with van der Waals surface area (Å²) in [6.07, 6.45) is 1.75. The van der Waals surface area contributed by atoms with Crippen molar-refractivity contribution in [2.24, 2.45) is 0 Å². The van der Waals surface area contributed by atoms with Crippen molar-refractivity contribution in [3.63, 3.8) is 0 Å². The van der Waals surface area contributed by atoms with Crippen LogP contribution in [0.15, 0.2) is 76.1 Å². The fourth-order valence-electron chi connectivity index (χ4n) is 3.22. The number of thiocarbonyl (C=S) groups is 1. The molecule has 0 radical (unpaired) electrons. The molecule has 3 aromatic carbocycles. The van der Waals surface area contributed by atoms with E-state index < -0.39 is 0 Å². The van der Waals surface area contributed by atoms with Gasteiger partial charge in [-0.05, 0) is 60.2 Å². The van der Waals surface area contributed by atoms with E-state index in [1.807, 2.05) is 54.6 Å². The molecule has 1 amide bonds. The number of halogens is 2. The number of thioether (sulfide) groups is 1. The lowest BCUT2D eigenvalue weighted by Crippen LogP contribution is -2.27. The van der Waals surface area contributed by atoms with Crippen LogP contribution in [-0.4, -0.2) is 30.6 Å². The van der Waals surface area contributed by atoms with Gasteiger partial charge in [-0.1, -0.05) is 69.7 Å². The van der Waals surface area contributed by atoms with Crippen molar-refractivity contribution in [3.05, 3.63) is 86.7 Å². The van der Waals surface area contributed by atoms with Gasteiger partial charge in [0.05, 0.1) is 22.7 Å². The van der Waals surface area contributed by atoms with Crippen LogP contribution < -0.4 is 19.1 Å². The second-order valence-corrected chi connectivity index (χ2v) is 10.0. The third-order valence-electron chi connectivity index (χ3n) is 4.77. The molecule has 9 heteroatoms. The zero-order valence-electron chi connectivity index (χ0n) is 18.0. The second kappa shape index (κ2) is 11.3. The van der Waals surface area contributed by atoms with Crippen LogP contribution in [0.3, 0.4) is 0 Å². The van der Waals surface area contributed by atoms with Gasteiger partial charge in [0.25, 0.3) is 5.91 Å². The minimum Gasteiger partial charge on any atom is -0.493 e. The highest BCUT2D eigenvalue weighted by atomic mass is 79.9.